The SMILES string of the molecule is CC1=CC(Cc2ccccc2)=C(C)C(=O)C1=O. The summed E-state index contributed by atoms with van der Waals surface area (Å²) >= 11 is 0. The van der Waals surface area contributed by atoms with Crippen LogP contribution in [0.4, 0.5) is 0 Å². The van der Waals surface area contributed by atoms with Crippen molar-refractivity contribution in [2.45, 2.75) is 20.3 Å². The quantitative estimate of drug-likeness (QED) is 0.574. The molecule has 1 aliphatic carbocycles. The number of rotatable bonds is 2. The molecule has 1 aromatic carbocycles. The molecule has 0 radical (unpaired) electrons. The van der Waals surface area contributed by atoms with E-state index in [1.54, 1.807) is 13.8 Å². The third-order valence-corrected chi connectivity index (χ3v) is 3.01. The molecule has 2 nitrogen and oxygen atoms in total. The lowest BCUT2D eigenvalue weighted by Crippen LogP contribution is -2.21. The summed E-state index contributed by atoms with van der Waals surface area (Å²) < 4.78 is 0. The minimum absolute atomic E-state index is 0.365. The normalized spacial score (nSPS) is 16.2. The highest BCUT2D eigenvalue weighted by atomic mass is 16.2. The molecular weight excluding hydrogens is 212 g/mol. The second-order valence-electron chi connectivity index (χ2n) is 4.30. The molecule has 0 aliphatic heterocycles. The maximum Gasteiger partial charge on any atom is 0.229 e. The van der Waals surface area contributed by atoms with Gasteiger partial charge in [-0.2, -0.15) is 0 Å². The van der Waals surface area contributed by atoms with Gasteiger partial charge in [0.25, 0.3) is 0 Å². The van der Waals surface area contributed by atoms with Gasteiger partial charge in [-0.05, 0) is 31.4 Å². The van der Waals surface area contributed by atoms with Gasteiger partial charge >= 0.3 is 0 Å². The fourth-order valence-corrected chi connectivity index (χ4v) is 1.93. The van der Waals surface area contributed by atoms with Gasteiger partial charge in [0.05, 0.1) is 0 Å². The Hall–Kier alpha value is -1.96. The van der Waals surface area contributed by atoms with Crippen LogP contribution in [-0.2, 0) is 16.0 Å². The molecule has 86 valence electrons. The largest absolute Gasteiger partial charge is 0.285 e. The Morgan fingerprint density at radius 1 is 0.941 bits per heavy atom. The Morgan fingerprint density at radius 3 is 2.24 bits per heavy atom. The molecule has 0 spiro atoms. The van der Waals surface area contributed by atoms with Crippen molar-refractivity contribution in [2.75, 3.05) is 0 Å². The molecule has 0 aromatic heterocycles. The Morgan fingerprint density at radius 2 is 1.59 bits per heavy atom. The number of carbonyl (C=O) groups is 2. The maximum atomic E-state index is 11.7. The monoisotopic (exact) mass is 226 g/mol. The summed E-state index contributed by atoms with van der Waals surface area (Å²) in [6, 6.07) is 9.94. The molecule has 2 rings (SSSR count). The third-order valence-electron chi connectivity index (χ3n) is 3.01. The van der Waals surface area contributed by atoms with E-state index >= 15 is 0 Å². The Labute approximate surface area is 101 Å². The predicted octanol–water partition coefficient (Wildman–Crippen LogP) is 2.64. The van der Waals surface area contributed by atoms with Crippen LogP contribution in [0.1, 0.15) is 19.4 Å². The van der Waals surface area contributed by atoms with Crippen molar-refractivity contribution >= 4 is 11.6 Å². The van der Waals surface area contributed by atoms with Crippen LogP contribution in [0.3, 0.4) is 0 Å². The molecule has 0 saturated carbocycles. The molecule has 0 heterocycles. The summed E-state index contributed by atoms with van der Waals surface area (Å²) in [5.41, 5.74) is 3.20. The van der Waals surface area contributed by atoms with Crippen molar-refractivity contribution < 1.29 is 9.59 Å². The zero-order valence-corrected chi connectivity index (χ0v) is 9.99. The fourth-order valence-electron chi connectivity index (χ4n) is 1.93. The maximum absolute atomic E-state index is 11.7. The van der Waals surface area contributed by atoms with Gasteiger partial charge < -0.3 is 0 Å². The first kappa shape index (κ1) is 11.5. The van der Waals surface area contributed by atoms with Crippen LogP contribution in [0.5, 0.6) is 0 Å². The number of ketones is 2. The fraction of sp³-hybridized carbons (Fsp3) is 0.200. The van der Waals surface area contributed by atoms with Crippen molar-refractivity contribution in [3.8, 4) is 0 Å². The van der Waals surface area contributed by atoms with E-state index in [0.29, 0.717) is 17.6 Å². The average molecular weight is 226 g/mol. The van der Waals surface area contributed by atoms with E-state index in [0.717, 1.165) is 11.1 Å². The van der Waals surface area contributed by atoms with E-state index in [9.17, 15) is 9.59 Å². The summed E-state index contributed by atoms with van der Waals surface area (Å²) in [7, 11) is 0. The Bertz CT molecular complexity index is 529. The molecule has 17 heavy (non-hydrogen) atoms. The number of benzene rings is 1. The summed E-state index contributed by atoms with van der Waals surface area (Å²) in [4.78, 5) is 23.2. The molecule has 1 aromatic rings. The van der Waals surface area contributed by atoms with Crippen LogP contribution < -0.4 is 0 Å². The molecule has 0 saturated heterocycles. The smallest absolute Gasteiger partial charge is 0.229 e. The van der Waals surface area contributed by atoms with Gasteiger partial charge in [-0.1, -0.05) is 36.4 Å². The second kappa shape index (κ2) is 4.50. The number of carbonyl (C=O) groups excluding carboxylic acids is 2. The zero-order valence-electron chi connectivity index (χ0n) is 9.99. The summed E-state index contributed by atoms with van der Waals surface area (Å²) in [5, 5.41) is 0. The minimum atomic E-state index is -0.376. The standard InChI is InChI=1S/C15H14O2/c1-10-8-13(11(2)15(17)14(10)16)9-12-6-4-3-5-7-12/h3-8H,9H2,1-2H3. The highest BCUT2D eigenvalue weighted by Gasteiger charge is 2.24. The number of hydrogen-bond donors (Lipinski definition) is 0. The van der Waals surface area contributed by atoms with Crippen molar-refractivity contribution in [3.63, 3.8) is 0 Å². The van der Waals surface area contributed by atoms with Crippen LogP contribution >= 0.6 is 0 Å². The minimum Gasteiger partial charge on any atom is -0.285 e. The van der Waals surface area contributed by atoms with Crippen LogP contribution in [0.15, 0.2) is 53.1 Å². The first-order valence-electron chi connectivity index (χ1n) is 5.60. The molecule has 2 heteroatoms. The lowest BCUT2D eigenvalue weighted by atomic mass is 9.88. The van der Waals surface area contributed by atoms with Gasteiger partial charge in [0.15, 0.2) is 0 Å². The number of Topliss-reactive ketones (excluding diaryl/α,β-unsaturated/α-hetero) is 2. The predicted molar refractivity (Wildman–Crippen MR) is 66.6 cm³/mol. The average Bonchev–Trinajstić information content (AvgIpc) is 2.35. The molecule has 0 atom stereocenters. The first-order valence-corrected chi connectivity index (χ1v) is 5.60. The molecule has 0 N–H and O–H groups in total. The van der Waals surface area contributed by atoms with Crippen LogP contribution in [0.2, 0.25) is 0 Å². The first-order chi connectivity index (χ1) is 8.09. The molecule has 0 unspecified atom stereocenters. The lowest BCUT2D eigenvalue weighted by molar-refractivity contribution is -0.132. The van der Waals surface area contributed by atoms with Gasteiger partial charge in [-0.25, -0.2) is 0 Å². The highest BCUT2D eigenvalue weighted by Crippen LogP contribution is 2.21. The topological polar surface area (TPSA) is 34.1 Å². The molecule has 0 bridgehead atoms. The van der Waals surface area contributed by atoms with E-state index in [1.807, 2.05) is 36.4 Å². The van der Waals surface area contributed by atoms with E-state index in [4.69, 9.17) is 0 Å². The molecule has 0 fully saturated rings. The number of hydrogen-bond acceptors (Lipinski definition) is 2. The summed E-state index contributed by atoms with van der Waals surface area (Å²) in [6.07, 6.45) is 2.52. The number of allylic oxidation sites excluding steroid dienone is 4. The van der Waals surface area contributed by atoms with Gasteiger partial charge in [-0.3, -0.25) is 9.59 Å². The Balaban J connectivity index is 2.33. The van der Waals surface area contributed by atoms with Gasteiger partial charge in [0.2, 0.25) is 11.6 Å². The van der Waals surface area contributed by atoms with Gasteiger partial charge in [0.1, 0.15) is 0 Å². The molecule has 0 amide bonds. The summed E-state index contributed by atoms with van der Waals surface area (Å²) in [6.45, 7) is 3.42. The van der Waals surface area contributed by atoms with E-state index < -0.39 is 0 Å². The Kier molecular flexibility index (Phi) is 3.05. The van der Waals surface area contributed by atoms with E-state index in [2.05, 4.69) is 0 Å². The highest BCUT2D eigenvalue weighted by molar-refractivity contribution is 6.49. The van der Waals surface area contributed by atoms with Crippen molar-refractivity contribution in [3.05, 3.63) is 58.7 Å². The van der Waals surface area contributed by atoms with Gasteiger partial charge in [0, 0.05) is 11.1 Å². The van der Waals surface area contributed by atoms with Crippen molar-refractivity contribution in [1.29, 1.82) is 0 Å². The van der Waals surface area contributed by atoms with Crippen LogP contribution in [0.25, 0.3) is 0 Å². The molecule has 1 aliphatic rings. The van der Waals surface area contributed by atoms with E-state index in [-0.39, 0.29) is 11.6 Å². The molecular formula is C15H14O2. The van der Waals surface area contributed by atoms with E-state index in [1.165, 1.54) is 0 Å². The zero-order chi connectivity index (χ0) is 12.4. The summed E-state index contributed by atoms with van der Waals surface area (Å²) in [5.74, 6) is -0.741. The lowest BCUT2D eigenvalue weighted by Gasteiger charge is -2.14. The third kappa shape index (κ3) is 2.26. The second-order valence-corrected chi connectivity index (χ2v) is 4.30. The van der Waals surface area contributed by atoms with Crippen LogP contribution in [0, 0.1) is 0 Å². The van der Waals surface area contributed by atoms with Gasteiger partial charge in [-0.15, -0.1) is 0 Å². The van der Waals surface area contributed by atoms with Crippen molar-refractivity contribution in [2.24, 2.45) is 0 Å². The van der Waals surface area contributed by atoms with Crippen LogP contribution in [-0.4, -0.2) is 11.6 Å². The van der Waals surface area contributed by atoms with Crippen molar-refractivity contribution in [1.82, 2.24) is 0 Å².